The standard InChI is InChI=1S/C26H36N4O2/c1-6-22-11-7-8-12-23(22)27-25(31)18-28(5)26(32)21(4)29-14-16-30(17-15-29)24-13-9-10-19(2)20(24)3/h7-13,21H,6,14-18H2,1-5H3,(H,27,31). The number of rotatable bonds is 7. The van der Waals surface area contributed by atoms with E-state index in [9.17, 15) is 9.59 Å². The number of nitrogens with zero attached hydrogens (tertiary/aromatic N) is 3. The smallest absolute Gasteiger partial charge is 0.243 e. The summed E-state index contributed by atoms with van der Waals surface area (Å²) >= 11 is 0. The minimum Gasteiger partial charge on any atom is -0.369 e. The maximum absolute atomic E-state index is 13.0. The van der Waals surface area contributed by atoms with Gasteiger partial charge in [-0.1, -0.05) is 37.3 Å². The van der Waals surface area contributed by atoms with Crippen LogP contribution in [0.25, 0.3) is 0 Å². The summed E-state index contributed by atoms with van der Waals surface area (Å²) in [5.74, 6) is -0.196. The quantitative estimate of drug-likeness (QED) is 0.722. The zero-order valence-corrected chi connectivity index (χ0v) is 20.0. The van der Waals surface area contributed by atoms with Gasteiger partial charge < -0.3 is 15.1 Å². The highest BCUT2D eigenvalue weighted by atomic mass is 16.2. The fraction of sp³-hybridized carbons (Fsp3) is 0.462. The molecule has 1 heterocycles. The predicted molar refractivity (Wildman–Crippen MR) is 131 cm³/mol. The molecule has 1 N–H and O–H groups in total. The predicted octanol–water partition coefficient (Wildman–Crippen LogP) is 3.47. The molecule has 0 aliphatic carbocycles. The van der Waals surface area contributed by atoms with Crippen LogP contribution in [0.15, 0.2) is 42.5 Å². The number of carbonyl (C=O) groups excluding carboxylic acids is 2. The van der Waals surface area contributed by atoms with E-state index in [0.29, 0.717) is 0 Å². The van der Waals surface area contributed by atoms with E-state index in [1.54, 1.807) is 7.05 Å². The van der Waals surface area contributed by atoms with Crippen LogP contribution < -0.4 is 10.2 Å². The Morgan fingerprint density at radius 3 is 2.41 bits per heavy atom. The highest BCUT2D eigenvalue weighted by molar-refractivity contribution is 5.95. The van der Waals surface area contributed by atoms with Gasteiger partial charge in [-0.3, -0.25) is 14.5 Å². The molecule has 172 valence electrons. The van der Waals surface area contributed by atoms with Gasteiger partial charge in [0.1, 0.15) is 0 Å². The molecule has 2 aromatic rings. The zero-order valence-electron chi connectivity index (χ0n) is 20.0. The Bertz CT molecular complexity index is 951. The van der Waals surface area contributed by atoms with Crippen LogP contribution in [0.1, 0.15) is 30.5 Å². The summed E-state index contributed by atoms with van der Waals surface area (Å²) in [6.45, 7) is 11.8. The first kappa shape index (κ1) is 23.8. The summed E-state index contributed by atoms with van der Waals surface area (Å²) in [4.78, 5) is 31.7. The Morgan fingerprint density at radius 1 is 1.03 bits per heavy atom. The van der Waals surface area contributed by atoms with Crippen LogP contribution in [0, 0.1) is 13.8 Å². The second-order valence-electron chi connectivity index (χ2n) is 8.67. The molecule has 1 aliphatic rings. The Kier molecular flexibility index (Phi) is 7.91. The van der Waals surface area contributed by atoms with Gasteiger partial charge in [-0.25, -0.2) is 0 Å². The summed E-state index contributed by atoms with van der Waals surface area (Å²) in [6.07, 6.45) is 0.844. The van der Waals surface area contributed by atoms with Crippen molar-refractivity contribution >= 4 is 23.2 Å². The van der Waals surface area contributed by atoms with E-state index < -0.39 is 0 Å². The fourth-order valence-electron chi connectivity index (χ4n) is 4.34. The van der Waals surface area contributed by atoms with Crippen molar-refractivity contribution in [2.75, 3.05) is 50.0 Å². The zero-order chi connectivity index (χ0) is 23.3. The number of carbonyl (C=O) groups is 2. The van der Waals surface area contributed by atoms with Crippen molar-refractivity contribution in [2.45, 2.75) is 40.2 Å². The molecule has 0 aromatic heterocycles. The largest absolute Gasteiger partial charge is 0.369 e. The van der Waals surface area contributed by atoms with Crippen molar-refractivity contribution < 1.29 is 9.59 Å². The molecule has 0 spiro atoms. The highest BCUT2D eigenvalue weighted by Gasteiger charge is 2.28. The number of anilines is 2. The fourth-order valence-corrected chi connectivity index (χ4v) is 4.34. The summed E-state index contributed by atoms with van der Waals surface area (Å²) in [5.41, 5.74) is 5.81. The number of aryl methyl sites for hydroxylation is 2. The molecular formula is C26H36N4O2. The normalized spacial score (nSPS) is 15.3. The summed E-state index contributed by atoms with van der Waals surface area (Å²) in [6, 6.07) is 13.9. The third kappa shape index (κ3) is 5.49. The molecule has 6 nitrogen and oxygen atoms in total. The summed E-state index contributed by atoms with van der Waals surface area (Å²) in [7, 11) is 1.70. The molecule has 1 saturated heterocycles. The molecule has 1 unspecified atom stereocenters. The lowest BCUT2D eigenvalue weighted by Gasteiger charge is -2.40. The van der Waals surface area contributed by atoms with Crippen molar-refractivity contribution in [1.82, 2.24) is 9.80 Å². The SMILES string of the molecule is CCc1ccccc1NC(=O)CN(C)C(=O)C(C)N1CCN(c2cccc(C)c2C)CC1. The van der Waals surface area contributed by atoms with Crippen LogP contribution in [0.4, 0.5) is 11.4 Å². The summed E-state index contributed by atoms with van der Waals surface area (Å²) in [5, 5.41) is 2.95. The maximum Gasteiger partial charge on any atom is 0.243 e. The van der Waals surface area contributed by atoms with Gasteiger partial charge in [0, 0.05) is 44.6 Å². The maximum atomic E-state index is 13.0. The number of piperazine rings is 1. The number of likely N-dealkylation sites (N-methyl/N-ethyl adjacent to an activating group) is 1. The molecule has 1 fully saturated rings. The molecule has 2 amide bonds. The first-order chi connectivity index (χ1) is 15.3. The lowest BCUT2D eigenvalue weighted by molar-refractivity contribution is -0.137. The lowest BCUT2D eigenvalue weighted by Crippen LogP contribution is -2.54. The van der Waals surface area contributed by atoms with E-state index in [4.69, 9.17) is 0 Å². The molecule has 0 saturated carbocycles. The van der Waals surface area contributed by atoms with Crippen molar-refractivity contribution in [3.63, 3.8) is 0 Å². The van der Waals surface area contributed by atoms with E-state index in [2.05, 4.69) is 54.1 Å². The van der Waals surface area contributed by atoms with Crippen molar-refractivity contribution in [3.05, 3.63) is 59.2 Å². The molecular weight excluding hydrogens is 400 g/mol. The molecule has 0 bridgehead atoms. The monoisotopic (exact) mass is 436 g/mol. The lowest BCUT2D eigenvalue weighted by atomic mass is 10.1. The van der Waals surface area contributed by atoms with E-state index in [1.165, 1.54) is 21.7 Å². The average molecular weight is 437 g/mol. The van der Waals surface area contributed by atoms with Gasteiger partial charge in [-0.05, 0) is 56.0 Å². The Labute approximate surface area is 192 Å². The van der Waals surface area contributed by atoms with Gasteiger partial charge >= 0.3 is 0 Å². The average Bonchev–Trinajstić information content (AvgIpc) is 2.80. The second kappa shape index (κ2) is 10.6. The van der Waals surface area contributed by atoms with Crippen LogP contribution in [0.5, 0.6) is 0 Å². The number of nitrogens with one attached hydrogen (secondary N) is 1. The van der Waals surface area contributed by atoms with E-state index in [-0.39, 0.29) is 24.4 Å². The number of hydrogen-bond donors (Lipinski definition) is 1. The molecule has 32 heavy (non-hydrogen) atoms. The Hall–Kier alpha value is -2.86. The minimum absolute atomic E-state index is 0.0240. The van der Waals surface area contributed by atoms with Crippen LogP contribution >= 0.6 is 0 Å². The van der Waals surface area contributed by atoms with Crippen LogP contribution in [-0.4, -0.2) is 67.4 Å². The van der Waals surface area contributed by atoms with Gasteiger partial charge in [0.15, 0.2) is 0 Å². The molecule has 3 rings (SSSR count). The number of para-hydroxylation sites is 1. The van der Waals surface area contributed by atoms with Crippen molar-refractivity contribution in [1.29, 1.82) is 0 Å². The molecule has 6 heteroatoms. The summed E-state index contributed by atoms with van der Waals surface area (Å²) < 4.78 is 0. The van der Waals surface area contributed by atoms with E-state index in [1.807, 2.05) is 31.2 Å². The first-order valence-corrected chi connectivity index (χ1v) is 11.5. The van der Waals surface area contributed by atoms with Gasteiger partial charge in [0.2, 0.25) is 11.8 Å². The molecule has 0 radical (unpaired) electrons. The van der Waals surface area contributed by atoms with Gasteiger partial charge in [0.25, 0.3) is 0 Å². The number of amides is 2. The Morgan fingerprint density at radius 2 is 1.72 bits per heavy atom. The van der Waals surface area contributed by atoms with E-state index in [0.717, 1.165) is 43.9 Å². The van der Waals surface area contributed by atoms with Gasteiger partial charge in [-0.2, -0.15) is 0 Å². The second-order valence-corrected chi connectivity index (χ2v) is 8.67. The molecule has 1 aliphatic heterocycles. The van der Waals surface area contributed by atoms with Crippen LogP contribution in [-0.2, 0) is 16.0 Å². The van der Waals surface area contributed by atoms with Gasteiger partial charge in [-0.15, -0.1) is 0 Å². The Balaban J connectivity index is 1.52. The van der Waals surface area contributed by atoms with E-state index >= 15 is 0 Å². The highest BCUT2D eigenvalue weighted by Crippen LogP contribution is 2.24. The van der Waals surface area contributed by atoms with Gasteiger partial charge in [0.05, 0.1) is 12.6 Å². The van der Waals surface area contributed by atoms with Crippen molar-refractivity contribution in [2.24, 2.45) is 0 Å². The third-order valence-electron chi connectivity index (χ3n) is 6.57. The topological polar surface area (TPSA) is 55.9 Å². The number of benzene rings is 2. The van der Waals surface area contributed by atoms with Crippen LogP contribution in [0.3, 0.4) is 0 Å². The number of hydrogen-bond acceptors (Lipinski definition) is 4. The van der Waals surface area contributed by atoms with Crippen molar-refractivity contribution in [3.8, 4) is 0 Å². The third-order valence-corrected chi connectivity index (χ3v) is 6.57. The first-order valence-electron chi connectivity index (χ1n) is 11.5. The molecule has 2 aromatic carbocycles. The van der Waals surface area contributed by atoms with Crippen LogP contribution in [0.2, 0.25) is 0 Å². The minimum atomic E-state index is -0.253. The molecule has 1 atom stereocenters.